The minimum Gasteiger partial charge on any atom is -0.380 e. The number of hydrogen-bond acceptors (Lipinski definition) is 2. The molecule has 2 heteroatoms. The van der Waals surface area contributed by atoms with Gasteiger partial charge in [0.2, 0.25) is 0 Å². The van der Waals surface area contributed by atoms with E-state index in [1.54, 1.807) is 7.11 Å². The fourth-order valence-electron chi connectivity index (χ4n) is 2.35. The lowest BCUT2D eigenvalue weighted by Crippen LogP contribution is -2.11. The molecule has 1 atom stereocenters. The van der Waals surface area contributed by atoms with Crippen molar-refractivity contribution in [2.45, 2.75) is 32.9 Å². The maximum absolute atomic E-state index is 5.27. The van der Waals surface area contributed by atoms with E-state index in [-0.39, 0.29) is 0 Å². The van der Waals surface area contributed by atoms with Crippen LogP contribution >= 0.6 is 0 Å². The van der Waals surface area contributed by atoms with Crippen molar-refractivity contribution >= 4 is 5.69 Å². The molecule has 2 rings (SSSR count). The third-order valence-electron chi connectivity index (χ3n) is 3.53. The van der Waals surface area contributed by atoms with Crippen LogP contribution in [0.15, 0.2) is 48.5 Å². The smallest absolute Gasteiger partial charge is 0.0733 e. The lowest BCUT2D eigenvalue weighted by molar-refractivity contribution is 0.185. The summed E-state index contributed by atoms with van der Waals surface area (Å²) in [6.45, 7) is 4.95. The van der Waals surface area contributed by atoms with Crippen LogP contribution in [0.4, 0.5) is 5.69 Å². The molecule has 0 fully saturated rings. The minimum atomic E-state index is 0.327. The fourth-order valence-corrected chi connectivity index (χ4v) is 2.35. The largest absolute Gasteiger partial charge is 0.380 e. The Bertz CT molecular complexity index is 533. The first kappa shape index (κ1) is 14.6. The Kier molecular flexibility index (Phi) is 5.19. The van der Waals surface area contributed by atoms with Crippen molar-refractivity contribution in [3.63, 3.8) is 0 Å². The zero-order valence-electron chi connectivity index (χ0n) is 12.5. The molecule has 0 saturated heterocycles. The van der Waals surface area contributed by atoms with Gasteiger partial charge >= 0.3 is 0 Å². The summed E-state index contributed by atoms with van der Waals surface area (Å²) in [6, 6.07) is 17.4. The summed E-state index contributed by atoms with van der Waals surface area (Å²) in [5, 5.41) is 3.64. The molecule has 1 N–H and O–H groups in total. The molecule has 0 aliphatic rings. The van der Waals surface area contributed by atoms with E-state index in [9.17, 15) is 0 Å². The molecular weight excluding hydrogens is 246 g/mol. The van der Waals surface area contributed by atoms with E-state index in [0.29, 0.717) is 12.6 Å². The van der Waals surface area contributed by atoms with Gasteiger partial charge in [-0.05, 0) is 25.0 Å². The topological polar surface area (TPSA) is 21.3 Å². The van der Waals surface area contributed by atoms with Gasteiger partial charge in [0, 0.05) is 18.4 Å². The van der Waals surface area contributed by atoms with Gasteiger partial charge in [0.15, 0.2) is 0 Å². The molecule has 0 amide bonds. The SMILES string of the molecule is CCC(Nc1ccccc1COC)c1ccc(C)cc1. The summed E-state index contributed by atoms with van der Waals surface area (Å²) in [4.78, 5) is 0. The van der Waals surface area contributed by atoms with Gasteiger partial charge in [-0.15, -0.1) is 0 Å². The molecule has 2 nitrogen and oxygen atoms in total. The van der Waals surface area contributed by atoms with Crippen LogP contribution in [0.2, 0.25) is 0 Å². The second-order valence-corrected chi connectivity index (χ2v) is 5.11. The second-order valence-electron chi connectivity index (χ2n) is 5.11. The fraction of sp³-hybridized carbons (Fsp3) is 0.333. The highest BCUT2D eigenvalue weighted by atomic mass is 16.5. The van der Waals surface area contributed by atoms with Crippen molar-refractivity contribution in [1.29, 1.82) is 0 Å². The number of anilines is 1. The number of ether oxygens (including phenoxy) is 1. The molecule has 106 valence electrons. The Morgan fingerprint density at radius 2 is 1.75 bits per heavy atom. The lowest BCUT2D eigenvalue weighted by atomic mass is 10.0. The van der Waals surface area contributed by atoms with E-state index in [0.717, 1.165) is 12.1 Å². The number of rotatable bonds is 6. The summed E-state index contributed by atoms with van der Waals surface area (Å²) in [5.74, 6) is 0. The molecule has 0 heterocycles. The first-order chi connectivity index (χ1) is 9.74. The molecule has 0 saturated carbocycles. The van der Waals surface area contributed by atoms with Crippen molar-refractivity contribution < 1.29 is 4.74 Å². The van der Waals surface area contributed by atoms with E-state index < -0.39 is 0 Å². The molecule has 0 radical (unpaired) electrons. The van der Waals surface area contributed by atoms with Crippen molar-refractivity contribution in [2.24, 2.45) is 0 Å². The van der Waals surface area contributed by atoms with E-state index in [4.69, 9.17) is 4.74 Å². The van der Waals surface area contributed by atoms with Crippen LogP contribution in [0, 0.1) is 6.92 Å². The highest BCUT2D eigenvalue weighted by Gasteiger charge is 2.10. The average Bonchev–Trinajstić information content (AvgIpc) is 2.48. The Morgan fingerprint density at radius 1 is 1.05 bits per heavy atom. The van der Waals surface area contributed by atoms with E-state index in [1.165, 1.54) is 16.7 Å². The summed E-state index contributed by atoms with van der Waals surface area (Å²) in [7, 11) is 1.73. The Labute approximate surface area is 121 Å². The molecule has 0 spiro atoms. The van der Waals surface area contributed by atoms with Gasteiger partial charge in [-0.2, -0.15) is 0 Å². The summed E-state index contributed by atoms with van der Waals surface area (Å²) in [5.41, 5.74) is 4.97. The standard InChI is InChI=1S/C18H23NO/c1-4-17(15-11-9-14(2)10-12-15)19-18-8-6-5-7-16(18)13-20-3/h5-12,17,19H,4,13H2,1-3H3. The Balaban J connectivity index is 2.20. The van der Waals surface area contributed by atoms with Gasteiger partial charge < -0.3 is 10.1 Å². The van der Waals surface area contributed by atoms with Crippen LogP contribution in [-0.2, 0) is 11.3 Å². The zero-order valence-corrected chi connectivity index (χ0v) is 12.5. The number of hydrogen-bond donors (Lipinski definition) is 1. The first-order valence-electron chi connectivity index (χ1n) is 7.14. The number of nitrogens with one attached hydrogen (secondary N) is 1. The molecule has 20 heavy (non-hydrogen) atoms. The number of aryl methyl sites for hydroxylation is 1. The molecule has 0 aliphatic heterocycles. The lowest BCUT2D eigenvalue weighted by Gasteiger charge is -2.21. The maximum atomic E-state index is 5.27. The predicted molar refractivity (Wildman–Crippen MR) is 85.0 cm³/mol. The van der Waals surface area contributed by atoms with Crippen LogP contribution in [0.1, 0.15) is 36.1 Å². The molecule has 2 aromatic rings. The predicted octanol–water partition coefficient (Wildman–Crippen LogP) is 4.70. The number of benzene rings is 2. The molecule has 0 bridgehead atoms. The van der Waals surface area contributed by atoms with Gasteiger partial charge in [-0.3, -0.25) is 0 Å². The molecule has 1 unspecified atom stereocenters. The normalized spacial score (nSPS) is 12.2. The number of para-hydroxylation sites is 1. The van der Waals surface area contributed by atoms with Crippen LogP contribution in [0.5, 0.6) is 0 Å². The summed E-state index contributed by atoms with van der Waals surface area (Å²) in [6.07, 6.45) is 1.05. The van der Waals surface area contributed by atoms with Crippen LogP contribution in [0.3, 0.4) is 0 Å². The number of methoxy groups -OCH3 is 1. The van der Waals surface area contributed by atoms with Crippen molar-refractivity contribution in [3.05, 3.63) is 65.2 Å². The Hall–Kier alpha value is -1.80. The third kappa shape index (κ3) is 3.61. The van der Waals surface area contributed by atoms with Gasteiger partial charge in [0.25, 0.3) is 0 Å². The molecule has 2 aromatic carbocycles. The average molecular weight is 269 g/mol. The van der Waals surface area contributed by atoms with Crippen LogP contribution in [0.25, 0.3) is 0 Å². The summed E-state index contributed by atoms with van der Waals surface area (Å²) < 4.78 is 5.27. The first-order valence-corrected chi connectivity index (χ1v) is 7.14. The molecule has 0 aromatic heterocycles. The van der Waals surface area contributed by atoms with E-state index in [1.807, 2.05) is 6.07 Å². The zero-order chi connectivity index (χ0) is 14.4. The van der Waals surface area contributed by atoms with Gasteiger partial charge in [-0.25, -0.2) is 0 Å². The van der Waals surface area contributed by atoms with Crippen molar-refractivity contribution in [3.8, 4) is 0 Å². The highest BCUT2D eigenvalue weighted by molar-refractivity contribution is 5.52. The quantitative estimate of drug-likeness (QED) is 0.820. The van der Waals surface area contributed by atoms with E-state index in [2.05, 4.69) is 61.6 Å². The van der Waals surface area contributed by atoms with Crippen molar-refractivity contribution in [1.82, 2.24) is 0 Å². The van der Waals surface area contributed by atoms with Crippen LogP contribution < -0.4 is 5.32 Å². The van der Waals surface area contributed by atoms with Gasteiger partial charge in [-0.1, -0.05) is 55.0 Å². The van der Waals surface area contributed by atoms with Crippen molar-refractivity contribution in [2.75, 3.05) is 12.4 Å². The Morgan fingerprint density at radius 3 is 2.40 bits per heavy atom. The molecular formula is C18H23NO. The summed E-state index contributed by atoms with van der Waals surface area (Å²) >= 11 is 0. The molecule has 0 aliphatic carbocycles. The maximum Gasteiger partial charge on any atom is 0.0733 e. The monoisotopic (exact) mass is 269 g/mol. The third-order valence-corrected chi connectivity index (χ3v) is 3.53. The van der Waals surface area contributed by atoms with Crippen LogP contribution in [-0.4, -0.2) is 7.11 Å². The van der Waals surface area contributed by atoms with Gasteiger partial charge in [0.1, 0.15) is 0 Å². The minimum absolute atomic E-state index is 0.327. The second kappa shape index (κ2) is 7.11. The highest BCUT2D eigenvalue weighted by Crippen LogP contribution is 2.25. The van der Waals surface area contributed by atoms with Gasteiger partial charge in [0.05, 0.1) is 12.6 Å². The van der Waals surface area contributed by atoms with E-state index >= 15 is 0 Å².